The average Bonchev–Trinajstić information content (AvgIpc) is 2.85. The minimum Gasteiger partial charge on any atom is -0.478 e. The van der Waals surface area contributed by atoms with Gasteiger partial charge in [-0.1, -0.05) is 0 Å². The molecule has 0 fully saturated rings. The van der Waals surface area contributed by atoms with Crippen molar-refractivity contribution in [3.05, 3.63) is 41.0 Å². The van der Waals surface area contributed by atoms with Crippen LogP contribution in [0.25, 0.3) is 5.00 Å². The lowest BCUT2D eigenvalue weighted by atomic mass is 10.3. The van der Waals surface area contributed by atoms with Gasteiger partial charge in [-0.15, -0.1) is 11.3 Å². The van der Waals surface area contributed by atoms with E-state index in [1.54, 1.807) is 28.3 Å². The Morgan fingerprint density at radius 2 is 2.27 bits per heavy atom. The van der Waals surface area contributed by atoms with Crippen LogP contribution in [0.1, 0.15) is 20.8 Å². The third kappa shape index (κ3) is 1.57. The second-order valence-electron chi connectivity index (χ2n) is 2.87. The van der Waals surface area contributed by atoms with Crippen molar-refractivity contribution in [2.24, 2.45) is 0 Å². The van der Waals surface area contributed by atoms with E-state index in [1.165, 1.54) is 17.4 Å². The SMILES string of the molecule is O=Cc1cccn1-c1sccc1C(=O)O. The first kappa shape index (κ1) is 9.67. The van der Waals surface area contributed by atoms with Crippen LogP contribution in [0.15, 0.2) is 29.8 Å². The number of carbonyl (C=O) groups is 2. The first-order chi connectivity index (χ1) is 7.24. The minimum atomic E-state index is -0.989. The number of hydrogen-bond donors (Lipinski definition) is 1. The lowest BCUT2D eigenvalue weighted by Crippen LogP contribution is -2.02. The first-order valence-corrected chi connectivity index (χ1v) is 5.05. The molecule has 0 amide bonds. The molecule has 0 unspecified atom stereocenters. The molecule has 5 heteroatoms. The predicted octanol–water partition coefficient (Wildman–Crippen LogP) is 2.05. The Kier molecular flexibility index (Phi) is 2.39. The van der Waals surface area contributed by atoms with Crippen molar-refractivity contribution in [2.75, 3.05) is 0 Å². The molecule has 0 atom stereocenters. The molecule has 76 valence electrons. The maximum atomic E-state index is 10.9. The standard InChI is InChI=1S/C10H7NO3S/c12-6-7-2-1-4-11(7)9-8(10(13)14)3-5-15-9/h1-6H,(H,13,14). The largest absolute Gasteiger partial charge is 0.478 e. The molecule has 1 N–H and O–H groups in total. The van der Waals surface area contributed by atoms with E-state index in [-0.39, 0.29) is 5.56 Å². The number of carbonyl (C=O) groups excluding carboxylic acids is 1. The third-order valence-electron chi connectivity index (χ3n) is 2.00. The molecule has 15 heavy (non-hydrogen) atoms. The van der Waals surface area contributed by atoms with Gasteiger partial charge in [-0.05, 0) is 23.6 Å². The quantitative estimate of drug-likeness (QED) is 0.807. The number of thiophene rings is 1. The Bertz CT molecular complexity index is 512. The smallest absolute Gasteiger partial charge is 0.338 e. The van der Waals surface area contributed by atoms with Gasteiger partial charge < -0.3 is 9.67 Å². The van der Waals surface area contributed by atoms with Crippen LogP contribution in [0.3, 0.4) is 0 Å². The van der Waals surface area contributed by atoms with Crippen molar-refractivity contribution in [1.29, 1.82) is 0 Å². The van der Waals surface area contributed by atoms with Gasteiger partial charge in [0.15, 0.2) is 6.29 Å². The van der Waals surface area contributed by atoms with Gasteiger partial charge in [-0.2, -0.15) is 0 Å². The van der Waals surface area contributed by atoms with Crippen molar-refractivity contribution >= 4 is 23.6 Å². The molecule has 0 aromatic carbocycles. The Morgan fingerprint density at radius 3 is 2.93 bits per heavy atom. The molecular formula is C10H7NO3S. The van der Waals surface area contributed by atoms with Crippen LogP contribution < -0.4 is 0 Å². The fraction of sp³-hybridized carbons (Fsp3) is 0. The fourth-order valence-electron chi connectivity index (χ4n) is 1.33. The molecule has 0 radical (unpaired) electrons. The summed E-state index contributed by atoms with van der Waals surface area (Å²) >= 11 is 1.29. The number of carboxylic acids is 1. The number of aldehydes is 1. The number of hydrogen-bond acceptors (Lipinski definition) is 3. The van der Waals surface area contributed by atoms with Crippen LogP contribution in [0.5, 0.6) is 0 Å². The van der Waals surface area contributed by atoms with Crippen LogP contribution in [0.2, 0.25) is 0 Å². The highest BCUT2D eigenvalue weighted by Gasteiger charge is 2.14. The summed E-state index contributed by atoms with van der Waals surface area (Å²) in [6.07, 6.45) is 2.37. The van der Waals surface area contributed by atoms with Gasteiger partial charge in [0, 0.05) is 6.20 Å². The Morgan fingerprint density at radius 1 is 1.47 bits per heavy atom. The molecule has 4 nitrogen and oxygen atoms in total. The first-order valence-electron chi connectivity index (χ1n) is 4.17. The number of nitrogens with zero attached hydrogens (tertiary/aromatic N) is 1. The molecule has 0 bridgehead atoms. The van der Waals surface area contributed by atoms with Crippen molar-refractivity contribution in [3.63, 3.8) is 0 Å². The highest BCUT2D eigenvalue weighted by molar-refractivity contribution is 7.13. The van der Waals surface area contributed by atoms with Gasteiger partial charge in [0.25, 0.3) is 0 Å². The van der Waals surface area contributed by atoms with E-state index in [2.05, 4.69) is 0 Å². The van der Waals surface area contributed by atoms with Gasteiger partial charge in [0.1, 0.15) is 5.00 Å². The zero-order valence-corrected chi connectivity index (χ0v) is 8.40. The predicted molar refractivity (Wildman–Crippen MR) is 56.0 cm³/mol. The second-order valence-corrected chi connectivity index (χ2v) is 3.76. The van der Waals surface area contributed by atoms with Crippen molar-refractivity contribution in [2.45, 2.75) is 0 Å². The normalized spacial score (nSPS) is 10.1. The van der Waals surface area contributed by atoms with Gasteiger partial charge >= 0.3 is 5.97 Å². The van der Waals surface area contributed by atoms with E-state index in [9.17, 15) is 9.59 Å². The highest BCUT2D eigenvalue weighted by atomic mass is 32.1. The Hall–Kier alpha value is -1.88. The summed E-state index contributed by atoms with van der Waals surface area (Å²) in [7, 11) is 0. The molecule has 2 aromatic heterocycles. The minimum absolute atomic E-state index is 0.208. The molecule has 0 aliphatic rings. The van der Waals surface area contributed by atoms with E-state index >= 15 is 0 Å². The lowest BCUT2D eigenvalue weighted by Gasteiger charge is -2.03. The number of rotatable bonds is 3. The zero-order chi connectivity index (χ0) is 10.8. The highest BCUT2D eigenvalue weighted by Crippen LogP contribution is 2.23. The summed E-state index contributed by atoms with van der Waals surface area (Å²) in [4.78, 5) is 21.6. The van der Waals surface area contributed by atoms with E-state index in [0.29, 0.717) is 17.0 Å². The van der Waals surface area contributed by atoms with Crippen molar-refractivity contribution in [1.82, 2.24) is 4.57 Å². The van der Waals surface area contributed by atoms with Crippen LogP contribution in [-0.4, -0.2) is 21.9 Å². The van der Waals surface area contributed by atoms with E-state index in [0.717, 1.165) is 0 Å². The molecular weight excluding hydrogens is 214 g/mol. The van der Waals surface area contributed by atoms with Crippen LogP contribution in [-0.2, 0) is 0 Å². The van der Waals surface area contributed by atoms with Crippen LogP contribution in [0.4, 0.5) is 0 Å². The van der Waals surface area contributed by atoms with Gasteiger partial charge in [0.2, 0.25) is 0 Å². The summed E-state index contributed by atoms with van der Waals surface area (Å²) in [5.74, 6) is -0.989. The monoisotopic (exact) mass is 221 g/mol. The number of aromatic carboxylic acids is 1. The molecule has 0 aliphatic carbocycles. The zero-order valence-electron chi connectivity index (χ0n) is 7.58. The van der Waals surface area contributed by atoms with Crippen molar-refractivity contribution < 1.29 is 14.7 Å². The molecule has 2 aromatic rings. The maximum absolute atomic E-state index is 10.9. The van der Waals surface area contributed by atoms with Crippen LogP contribution in [0, 0.1) is 0 Å². The molecule has 0 saturated heterocycles. The van der Waals surface area contributed by atoms with Gasteiger partial charge in [-0.3, -0.25) is 4.79 Å². The van der Waals surface area contributed by atoms with Gasteiger partial charge in [0.05, 0.1) is 11.3 Å². The van der Waals surface area contributed by atoms with E-state index < -0.39 is 5.97 Å². The second kappa shape index (κ2) is 3.70. The molecule has 2 heterocycles. The Labute approximate surface area is 89.4 Å². The average molecular weight is 221 g/mol. The molecule has 2 rings (SSSR count). The summed E-state index contributed by atoms with van der Waals surface area (Å²) < 4.78 is 1.57. The molecule has 0 spiro atoms. The third-order valence-corrected chi connectivity index (χ3v) is 2.91. The maximum Gasteiger partial charge on any atom is 0.338 e. The summed E-state index contributed by atoms with van der Waals surface area (Å²) in [6, 6.07) is 4.87. The molecule has 0 aliphatic heterocycles. The number of carboxylic acid groups (broad SMARTS) is 1. The fourth-order valence-corrected chi connectivity index (χ4v) is 2.22. The molecule has 0 saturated carbocycles. The summed E-state index contributed by atoms with van der Waals surface area (Å²) in [5.41, 5.74) is 0.652. The summed E-state index contributed by atoms with van der Waals surface area (Å²) in [5, 5.41) is 11.2. The van der Waals surface area contributed by atoms with Crippen molar-refractivity contribution in [3.8, 4) is 5.00 Å². The van der Waals surface area contributed by atoms with E-state index in [1.807, 2.05) is 0 Å². The number of aromatic nitrogens is 1. The van der Waals surface area contributed by atoms with Crippen LogP contribution >= 0.6 is 11.3 Å². The van der Waals surface area contributed by atoms with Gasteiger partial charge in [-0.25, -0.2) is 4.79 Å². The summed E-state index contributed by atoms with van der Waals surface area (Å²) in [6.45, 7) is 0. The van der Waals surface area contributed by atoms with E-state index in [4.69, 9.17) is 5.11 Å². The lowest BCUT2D eigenvalue weighted by molar-refractivity contribution is 0.0697. The Balaban J connectivity index is 2.58. The topological polar surface area (TPSA) is 59.3 Å².